The van der Waals surface area contributed by atoms with E-state index in [1.165, 1.54) is 0 Å². The third kappa shape index (κ3) is 4.01. The zero-order valence-electron chi connectivity index (χ0n) is 13.1. The Kier molecular flexibility index (Phi) is 5.07. The Labute approximate surface area is 154 Å². The molecule has 1 N–H and O–H groups in total. The molecule has 3 aromatic carbocycles. The lowest BCUT2D eigenvalue weighted by molar-refractivity contribution is -0.117. The van der Waals surface area contributed by atoms with Gasteiger partial charge in [0.1, 0.15) is 5.78 Å². The Hall–Kier alpha value is -2.36. The molecule has 0 saturated heterocycles. The minimum Gasteiger partial charge on any atom is -0.478 e. The van der Waals surface area contributed by atoms with Crippen molar-refractivity contribution in [1.82, 2.24) is 0 Å². The van der Waals surface area contributed by atoms with Crippen molar-refractivity contribution in [1.29, 1.82) is 0 Å². The van der Waals surface area contributed by atoms with Crippen LogP contribution in [-0.4, -0.2) is 16.9 Å². The maximum absolute atomic E-state index is 12.4. The van der Waals surface area contributed by atoms with Gasteiger partial charge in [0.15, 0.2) is 0 Å². The van der Waals surface area contributed by atoms with Gasteiger partial charge in [0.05, 0.1) is 15.6 Å². The molecule has 0 aliphatic carbocycles. The third-order valence-corrected chi connectivity index (χ3v) is 4.71. The number of carboxylic acids is 1. The third-order valence-electron chi connectivity index (χ3n) is 3.97. The number of halogens is 2. The van der Waals surface area contributed by atoms with Crippen LogP contribution < -0.4 is 0 Å². The molecule has 0 spiro atoms. The summed E-state index contributed by atoms with van der Waals surface area (Å²) in [6.07, 6.45) is 0.218. The molecule has 0 aliphatic rings. The Morgan fingerprint density at radius 2 is 1.52 bits per heavy atom. The van der Waals surface area contributed by atoms with Gasteiger partial charge in [-0.1, -0.05) is 53.5 Å². The van der Waals surface area contributed by atoms with Crippen molar-refractivity contribution in [3.8, 4) is 0 Å². The van der Waals surface area contributed by atoms with Gasteiger partial charge in [0, 0.05) is 12.8 Å². The maximum atomic E-state index is 12.4. The van der Waals surface area contributed by atoms with Crippen molar-refractivity contribution in [2.75, 3.05) is 0 Å². The summed E-state index contributed by atoms with van der Waals surface area (Å²) in [7, 11) is 0. The zero-order chi connectivity index (χ0) is 18.0. The molecule has 3 rings (SSSR count). The number of carboxylic acid groups (broad SMARTS) is 1. The first kappa shape index (κ1) is 17.5. The fourth-order valence-corrected chi connectivity index (χ4v) is 3.11. The van der Waals surface area contributed by atoms with Crippen LogP contribution in [0.5, 0.6) is 0 Å². The molecule has 0 unspecified atom stereocenters. The van der Waals surface area contributed by atoms with Crippen LogP contribution in [0.2, 0.25) is 10.0 Å². The molecule has 0 fully saturated rings. The molecule has 0 atom stereocenters. The van der Waals surface area contributed by atoms with Gasteiger partial charge in [-0.05, 0) is 46.2 Å². The lowest BCUT2D eigenvalue weighted by Gasteiger charge is -2.09. The molecule has 3 aromatic rings. The van der Waals surface area contributed by atoms with E-state index in [0.717, 1.165) is 16.3 Å². The Balaban J connectivity index is 1.88. The quantitative estimate of drug-likeness (QED) is 0.669. The standard InChI is InChI=1S/C20H14Cl2O3/c21-18-6-5-12(8-19(18)22)7-16(23)10-15-9-13-3-1-2-4-14(13)11-17(15)20(24)25/h1-6,8-9,11H,7,10H2,(H,24,25). The second kappa shape index (κ2) is 7.26. The minimum absolute atomic E-state index is 0.0483. The monoisotopic (exact) mass is 372 g/mol. The van der Waals surface area contributed by atoms with Gasteiger partial charge in [-0.15, -0.1) is 0 Å². The normalized spacial score (nSPS) is 10.8. The molecule has 0 aliphatic heterocycles. The Morgan fingerprint density at radius 3 is 2.16 bits per heavy atom. The molecule has 126 valence electrons. The SMILES string of the molecule is O=C(Cc1ccc(Cl)c(Cl)c1)Cc1cc2ccccc2cc1C(=O)O. The second-order valence-corrected chi connectivity index (χ2v) is 6.62. The summed E-state index contributed by atoms with van der Waals surface area (Å²) in [4.78, 5) is 24.0. The topological polar surface area (TPSA) is 54.4 Å². The summed E-state index contributed by atoms with van der Waals surface area (Å²) in [5.74, 6) is -1.13. The lowest BCUT2D eigenvalue weighted by Crippen LogP contribution is -2.11. The number of hydrogen-bond donors (Lipinski definition) is 1. The number of rotatable bonds is 5. The highest BCUT2D eigenvalue weighted by atomic mass is 35.5. The van der Waals surface area contributed by atoms with Gasteiger partial charge >= 0.3 is 5.97 Å². The average molecular weight is 373 g/mol. The van der Waals surface area contributed by atoms with E-state index < -0.39 is 5.97 Å². The van der Waals surface area contributed by atoms with Gasteiger partial charge < -0.3 is 5.11 Å². The number of carbonyl (C=O) groups is 2. The number of fused-ring (bicyclic) bond motifs is 1. The first-order valence-electron chi connectivity index (χ1n) is 7.64. The summed E-state index contributed by atoms with van der Waals surface area (Å²) in [6.45, 7) is 0. The van der Waals surface area contributed by atoms with E-state index >= 15 is 0 Å². The predicted molar refractivity (Wildman–Crippen MR) is 99.8 cm³/mol. The van der Waals surface area contributed by atoms with Crippen LogP contribution in [0.3, 0.4) is 0 Å². The number of Topliss-reactive ketones (excluding diaryl/α,β-unsaturated/α-hetero) is 1. The average Bonchev–Trinajstić information content (AvgIpc) is 2.57. The molecule has 5 heteroatoms. The van der Waals surface area contributed by atoms with Gasteiger partial charge in [-0.25, -0.2) is 4.79 Å². The number of ketones is 1. The van der Waals surface area contributed by atoms with E-state index in [9.17, 15) is 14.7 Å². The van der Waals surface area contributed by atoms with Gasteiger partial charge in [0.25, 0.3) is 0 Å². The van der Waals surface area contributed by atoms with Crippen LogP contribution in [0.4, 0.5) is 0 Å². The van der Waals surface area contributed by atoms with Gasteiger partial charge in [0.2, 0.25) is 0 Å². The molecule has 0 heterocycles. The zero-order valence-corrected chi connectivity index (χ0v) is 14.6. The lowest BCUT2D eigenvalue weighted by atomic mass is 9.95. The van der Waals surface area contributed by atoms with Crippen molar-refractivity contribution in [2.45, 2.75) is 12.8 Å². The number of aromatic carboxylic acids is 1. The number of benzene rings is 3. The summed E-state index contributed by atoms with van der Waals surface area (Å²) in [6, 6.07) is 15.9. The van der Waals surface area contributed by atoms with E-state index in [1.54, 1.807) is 30.3 Å². The summed E-state index contributed by atoms with van der Waals surface area (Å²) >= 11 is 11.8. The minimum atomic E-state index is -1.04. The maximum Gasteiger partial charge on any atom is 0.335 e. The Bertz CT molecular complexity index is 980. The Morgan fingerprint density at radius 1 is 0.840 bits per heavy atom. The molecule has 25 heavy (non-hydrogen) atoms. The van der Waals surface area contributed by atoms with Crippen molar-refractivity contribution in [2.24, 2.45) is 0 Å². The summed E-state index contributed by atoms with van der Waals surface area (Å²) in [5, 5.41) is 12.0. The van der Waals surface area contributed by atoms with Crippen LogP contribution >= 0.6 is 23.2 Å². The van der Waals surface area contributed by atoms with Gasteiger partial charge in [-0.3, -0.25) is 4.79 Å². The van der Waals surface area contributed by atoms with Crippen molar-refractivity contribution >= 4 is 45.7 Å². The molecule has 3 nitrogen and oxygen atoms in total. The van der Waals surface area contributed by atoms with Crippen LogP contribution in [0.1, 0.15) is 21.5 Å². The smallest absolute Gasteiger partial charge is 0.335 e. The van der Waals surface area contributed by atoms with E-state index in [1.807, 2.05) is 24.3 Å². The van der Waals surface area contributed by atoms with E-state index in [4.69, 9.17) is 23.2 Å². The van der Waals surface area contributed by atoms with Crippen molar-refractivity contribution < 1.29 is 14.7 Å². The first-order valence-corrected chi connectivity index (χ1v) is 8.40. The van der Waals surface area contributed by atoms with Crippen molar-refractivity contribution in [3.05, 3.63) is 81.3 Å². The molecule has 0 radical (unpaired) electrons. The predicted octanol–water partition coefficient (Wildman–Crippen LogP) is 5.20. The number of carbonyl (C=O) groups excluding carboxylic acids is 1. The second-order valence-electron chi connectivity index (χ2n) is 5.80. The van der Waals surface area contributed by atoms with Crippen LogP contribution in [0.15, 0.2) is 54.6 Å². The molecule has 0 aromatic heterocycles. The number of hydrogen-bond acceptors (Lipinski definition) is 2. The van der Waals surface area contributed by atoms with Gasteiger partial charge in [-0.2, -0.15) is 0 Å². The highest BCUT2D eigenvalue weighted by Gasteiger charge is 2.15. The van der Waals surface area contributed by atoms with E-state index in [0.29, 0.717) is 15.6 Å². The molecular weight excluding hydrogens is 359 g/mol. The highest BCUT2D eigenvalue weighted by Crippen LogP contribution is 2.24. The molecule has 0 bridgehead atoms. The molecular formula is C20H14Cl2O3. The summed E-state index contributed by atoms with van der Waals surface area (Å²) < 4.78 is 0. The van der Waals surface area contributed by atoms with E-state index in [-0.39, 0.29) is 24.2 Å². The largest absolute Gasteiger partial charge is 0.478 e. The van der Waals surface area contributed by atoms with Crippen LogP contribution in [0, 0.1) is 0 Å². The van der Waals surface area contributed by atoms with E-state index in [2.05, 4.69) is 0 Å². The molecule has 0 amide bonds. The van der Waals surface area contributed by atoms with Crippen LogP contribution in [0.25, 0.3) is 10.8 Å². The first-order chi connectivity index (χ1) is 11.9. The highest BCUT2D eigenvalue weighted by molar-refractivity contribution is 6.42. The molecule has 0 saturated carbocycles. The summed E-state index contributed by atoms with van der Waals surface area (Å²) in [5.41, 5.74) is 1.41. The fraction of sp³-hybridized carbons (Fsp3) is 0.100. The van der Waals surface area contributed by atoms with Crippen LogP contribution in [-0.2, 0) is 17.6 Å². The fourth-order valence-electron chi connectivity index (χ4n) is 2.78. The van der Waals surface area contributed by atoms with Crippen molar-refractivity contribution in [3.63, 3.8) is 0 Å².